The second-order valence-corrected chi connectivity index (χ2v) is 6.03. The second-order valence-electron chi connectivity index (χ2n) is 5.11. The van der Waals surface area contributed by atoms with Crippen molar-refractivity contribution in [1.29, 1.82) is 0 Å². The fraction of sp³-hybridized carbons (Fsp3) is 0.294. The number of halogens is 1. The summed E-state index contributed by atoms with van der Waals surface area (Å²) >= 11 is 3.54. The van der Waals surface area contributed by atoms with Crippen molar-refractivity contribution in [1.82, 2.24) is 4.90 Å². The Bertz CT molecular complexity index is 508. The van der Waals surface area contributed by atoms with Gasteiger partial charge in [-0.25, -0.2) is 0 Å². The number of benzene rings is 2. The molecule has 0 radical (unpaired) electrons. The largest absolute Gasteiger partial charge is 0.292 e. The van der Waals surface area contributed by atoms with Crippen molar-refractivity contribution in [3.8, 4) is 0 Å². The van der Waals surface area contributed by atoms with Gasteiger partial charge in [0.15, 0.2) is 0 Å². The number of hydrogen-bond acceptors (Lipinski definition) is 1. The minimum Gasteiger partial charge on any atom is -0.292 e. The summed E-state index contributed by atoms with van der Waals surface area (Å²) in [5.41, 5.74) is 2.71. The van der Waals surface area contributed by atoms with E-state index in [0.29, 0.717) is 6.04 Å². The predicted molar refractivity (Wildman–Crippen MR) is 85.0 cm³/mol. The van der Waals surface area contributed by atoms with Gasteiger partial charge in [-0.3, -0.25) is 4.90 Å². The summed E-state index contributed by atoms with van der Waals surface area (Å²) < 4.78 is 1.15. The van der Waals surface area contributed by atoms with Gasteiger partial charge in [-0.05, 0) is 37.1 Å². The maximum atomic E-state index is 3.54. The van der Waals surface area contributed by atoms with Gasteiger partial charge in [0.2, 0.25) is 0 Å². The van der Waals surface area contributed by atoms with Crippen molar-refractivity contribution < 1.29 is 0 Å². The van der Waals surface area contributed by atoms with Crippen LogP contribution in [0.4, 0.5) is 0 Å². The minimum absolute atomic E-state index is 0.527. The summed E-state index contributed by atoms with van der Waals surface area (Å²) in [6.07, 6.45) is 0. The van der Waals surface area contributed by atoms with Crippen molar-refractivity contribution in [3.05, 3.63) is 70.2 Å². The third-order valence-corrected chi connectivity index (χ3v) is 3.73. The molecule has 0 N–H and O–H groups in total. The van der Waals surface area contributed by atoms with E-state index in [2.05, 4.69) is 89.3 Å². The molecule has 0 amide bonds. The molecular formula is C17H20BrN. The summed E-state index contributed by atoms with van der Waals surface area (Å²) in [6.45, 7) is 6.47. The molecule has 0 atom stereocenters. The van der Waals surface area contributed by atoms with Crippen LogP contribution in [0, 0.1) is 0 Å². The fourth-order valence-electron chi connectivity index (χ4n) is 2.11. The van der Waals surface area contributed by atoms with Crippen LogP contribution in [-0.4, -0.2) is 10.9 Å². The van der Waals surface area contributed by atoms with Crippen molar-refractivity contribution >= 4 is 15.9 Å². The van der Waals surface area contributed by atoms with Crippen molar-refractivity contribution in [3.63, 3.8) is 0 Å². The number of rotatable bonds is 5. The summed E-state index contributed by atoms with van der Waals surface area (Å²) in [7, 11) is 0. The molecule has 0 heterocycles. The second kappa shape index (κ2) is 6.88. The molecule has 0 saturated carbocycles. The van der Waals surface area contributed by atoms with E-state index in [1.165, 1.54) is 11.1 Å². The van der Waals surface area contributed by atoms with Gasteiger partial charge >= 0.3 is 0 Å². The van der Waals surface area contributed by atoms with Crippen LogP contribution in [0.2, 0.25) is 0 Å². The average molecular weight is 318 g/mol. The van der Waals surface area contributed by atoms with E-state index in [9.17, 15) is 0 Å². The summed E-state index contributed by atoms with van der Waals surface area (Å²) in [6, 6.07) is 19.7. The Kier molecular flexibility index (Phi) is 5.17. The van der Waals surface area contributed by atoms with Crippen LogP contribution >= 0.6 is 15.9 Å². The Morgan fingerprint density at radius 1 is 0.895 bits per heavy atom. The highest BCUT2D eigenvalue weighted by atomic mass is 79.9. The third-order valence-electron chi connectivity index (χ3n) is 3.23. The van der Waals surface area contributed by atoms with Gasteiger partial charge < -0.3 is 0 Å². The molecule has 0 aliphatic carbocycles. The lowest BCUT2D eigenvalue weighted by atomic mass is 10.1. The molecule has 0 fully saturated rings. The first kappa shape index (κ1) is 14.3. The average Bonchev–Trinajstić information content (AvgIpc) is 2.39. The maximum absolute atomic E-state index is 3.54. The van der Waals surface area contributed by atoms with Gasteiger partial charge in [-0.2, -0.15) is 0 Å². The lowest BCUT2D eigenvalue weighted by Gasteiger charge is -2.26. The topological polar surface area (TPSA) is 3.24 Å². The first-order chi connectivity index (χ1) is 9.15. The predicted octanol–water partition coefficient (Wildman–Crippen LogP) is 4.86. The summed E-state index contributed by atoms with van der Waals surface area (Å²) in [5.74, 6) is 0. The molecule has 0 spiro atoms. The molecule has 0 bridgehead atoms. The Labute approximate surface area is 124 Å². The van der Waals surface area contributed by atoms with Crippen LogP contribution in [-0.2, 0) is 13.1 Å². The highest BCUT2D eigenvalue weighted by Crippen LogP contribution is 2.16. The molecule has 2 aromatic carbocycles. The van der Waals surface area contributed by atoms with Crippen LogP contribution in [0.25, 0.3) is 0 Å². The highest BCUT2D eigenvalue weighted by molar-refractivity contribution is 9.10. The SMILES string of the molecule is CC(C)N(Cc1ccccc1)Cc1cccc(Br)c1. The molecule has 0 aliphatic heterocycles. The first-order valence-electron chi connectivity index (χ1n) is 6.67. The van der Waals surface area contributed by atoms with E-state index >= 15 is 0 Å². The zero-order valence-corrected chi connectivity index (χ0v) is 13.1. The van der Waals surface area contributed by atoms with E-state index in [0.717, 1.165) is 17.6 Å². The molecule has 100 valence electrons. The normalized spacial score (nSPS) is 11.2. The standard InChI is InChI=1S/C17H20BrN/c1-14(2)19(12-15-7-4-3-5-8-15)13-16-9-6-10-17(18)11-16/h3-11,14H,12-13H2,1-2H3. The van der Waals surface area contributed by atoms with Crippen LogP contribution < -0.4 is 0 Å². The van der Waals surface area contributed by atoms with E-state index in [-0.39, 0.29) is 0 Å². The van der Waals surface area contributed by atoms with Crippen LogP contribution in [0.1, 0.15) is 25.0 Å². The van der Waals surface area contributed by atoms with Gasteiger partial charge in [0.05, 0.1) is 0 Å². The summed E-state index contributed by atoms with van der Waals surface area (Å²) in [5, 5.41) is 0. The first-order valence-corrected chi connectivity index (χ1v) is 7.47. The van der Waals surface area contributed by atoms with Gasteiger partial charge in [0.1, 0.15) is 0 Å². The molecule has 19 heavy (non-hydrogen) atoms. The maximum Gasteiger partial charge on any atom is 0.0240 e. The molecule has 2 heteroatoms. The third kappa shape index (κ3) is 4.48. The van der Waals surface area contributed by atoms with Gasteiger partial charge in [-0.15, -0.1) is 0 Å². The molecular weight excluding hydrogens is 298 g/mol. The van der Waals surface area contributed by atoms with Crippen molar-refractivity contribution in [2.45, 2.75) is 33.0 Å². The van der Waals surface area contributed by atoms with Crippen LogP contribution in [0.5, 0.6) is 0 Å². The quantitative estimate of drug-likeness (QED) is 0.761. The van der Waals surface area contributed by atoms with Crippen LogP contribution in [0.15, 0.2) is 59.1 Å². The molecule has 1 nitrogen and oxygen atoms in total. The van der Waals surface area contributed by atoms with E-state index < -0.39 is 0 Å². The molecule has 0 aliphatic rings. The van der Waals surface area contributed by atoms with Crippen molar-refractivity contribution in [2.24, 2.45) is 0 Å². The lowest BCUT2D eigenvalue weighted by molar-refractivity contribution is 0.203. The van der Waals surface area contributed by atoms with E-state index in [1.54, 1.807) is 0 Å². The van der Waals surface area contributed by atoms with Crippen molar-refractivity contribution in [2.75, 3.05) is 0 Å². The monoisotopic (exact) mass is 317 g/mol. The zero-order valence-electron chi connectivity index (χ0n) is 11.5. The van der Waals surface area contributed by atoms with E-state index in [4.69, 9.17) is 0 Å². The minimum atomic E-state index is 0.527. The highest BCUT2D eigenvalue weighted by Gasteiger charge is 2.10. The molecule has 2 aromatic rings. The molecule has 2 rings (SSSR count). The Morgan fingerprint density at radius 3 is 2.16 bits per heavy atom. The Hall–Kier alpha value is -1.12. The molecule has 0 saturated heterocycles. The molecule has 0 unspecified atom stereocenters. The zero-order chi connectivity index (χ0) is 13.7. The van der Waals surface area contributed by atoms with Crippen LogP contribution in [0.3, 0.4) is 0 Å². The van der Waals surface area contributed by atoms with Gasteiger partial charge in [-0.1, -0.05) is 58.4 Å². The lowest BCUT2D eigenvalue weighted by Crippen LogP contribution is -2.29. The van der Waals surface area contributed by atoms with Gasteiger partial charge in [0.25, 0.3) is 0 Å². The summed E-state index contributed by atoms with van der Waals surface area (Å²) in [4.78, 5) is 2.48. The Morgan fingerprint density at radius 2 is 1.53 bits per heavy atom. The molecule has 0 aromatic heterocycles. The fourth-order valence-corrected chi connectivity index (χ4v) is 2.56. The number of nitrogens with zero attached hydrogens (tertiary/aromatic N) is 1. The van der Waals surface area contributed by atoms with E-state index in [1.807, 2.05) is 0 Å². The Balaban J connectivity index is 2.08. The number of hydrogen-bond donors (Lipinski definition) is 0. The van der Waals surface area contributed by atoms with Gasteiger partial charge in [0, 0.05) is 23.6 Å². The smallest absolute Gasteiger partial charge is 0.0240 e.